The molecule has 0 bridgehead atoms. The molecular weight excluding hydrogens is 349 g/mol. The number of thiophene rings is 1. The van der Waals surface area contributed by atoms with Crippen molar-refractivity contribution in [2.75, 3.05) is 6.54 Å². The Hall–Kier alpha value is -0.420. The van der Waals surface area contributed by atoms with E-state index in [1.165, 1.54) is 6.07 Å². The van der Waals surface area contributed by atoms with Crippen LogP contribution in [0.15, 0.2) is 34.1 Å². The lowest BCUT2D eigenvalue weighted by Crippen LogP contribution is -2.22. The van der Waals surface area contributed by atoms with Gasteiger partial charge in [0.2, 0.25) is 0 Å². The highest BCUT2D eigenvalue weighted by molar-refractivity contribution is 9.11. The molecule has 0 spiro atoms. The summed E-state index contributed by atoms with van der Waals surface area (Å²) >= 11 is 10.9. The monoisotopic (exact) mass is 361 g/mol. The first-order chi connectivity index (χ1) is 9.11. The molecule has 1 heterocycles. The Morgan fingerprint density at radius 1 is 1.37 bits per heavy atom. The molecule has 0 aliphatic heterocycles. The molecule has 2 aromatic rings. The Morgan fingerprint density at radius 3 is 2.74 bits per heavy atom. The van der Waals surface area contributed by atoms with Crippen LogP contribution in [-0.4, -0.2) is 6.54 Å². The molecule has 0 amide bonds. The first-order valence-electron chi connectivity index (χ1n) is 6.05. The summed E-state index contributed by atoms with van der Waals surface area (Å²) < 4.78 is 14.7. The van der Waals surface area contributed by atoms with Gasteiger partial charge in [-0.25, -0.2) is 4.39 Å². The second kappa shape index (κ2) is 6.84. The lowest BCUT2D eigenvalue weighted by Gasteiger charge is -2.18. The van der Waals surface area contributed by atoms with Crippen molar-refractivity contribution in [1.29, 1.82) is 0 Å². The maximum Gasteiger partial charge on any atom is 0.142 e. The molecule has 1 aromatic heterocycles. The van der Waals surface area contributed by atoms with Crippen molar-refractivity contribution in [2.24, 2.45) is 0 Å². The zero-order chi connectivity index (χ0) is 13.8. The molecule has 1 unspecified atom stereocenters. The summed E-state index contributed by atoms with van der Waals surface area (Å²) in [7, 11) is 0. The summed E-state index contributed by atoms with van der Waals surface area (Å²) in [5, 5.41) is 3.60. The molecule has 0 aliphatic carbocycles. The second-order valence-electron chi connectivity index (χ2n) is 4.20. The van der Waals surface area contributed by atoms with Crippen LogP contribution in [0.4, 0.5) is 4.39 Å². The van der Waals surface area contributed by atoms with Crippen molar-refractivity contribution in [1.82, 2.24) is 5.32 Å². The third-order valence-corrected chi connectivity index (χ3v) is 4.75. The van der Waals surface area contributed by atoms with Crippen LogP contribution in [0.25, 0.3) is 0 Å². The van der Waals surface area contributed by atoms with Crippen LogP contribution in [0.5, 0.6) is 0 Å². The minimum absolute atomic E-state index is 0.00279. The highest BCUT2D eigenvalue weighted by Crippen LogP contribution is 2.32. The van der Waals surface area contributed by atoms with Crippen LogP contribution in [-0.2, 0) is 0 Å². The van der Waals surface area contributed by atoms with Gasteiger partial charge < -0.3 is 5.32 Å². The highest BCUT2D eigenvalue weighted by atomic mass is 79.9. The summed E-state index contributed by atoms with van der Waals surface area (Å²) in [5.41, 5.74) is 0.893. The molecule has 102 valence electrons. The Labute approximate surface area is 129 Å². The van der Waals surface area contributed by atoms with Gasteiger partial charge in [-0.05, 0) is 58.7 Å². The van der Waals surface area contributed by atoms with E-state index in [2.05, 4.69) is 34.2 Å². The van der Waals surface area contributed by atoms with Gasteiger partial charge in [0.15, 0.2) is 0 Å². The maximum atomic E-state index is 13.6. The van der Waals surface area contributed by atoms with E-state index in [1.807, 2.05) is 12.1 Å². The SMILES string of the molecule is CCCNC(c1ccc(Cl)c(F)c1)c1ccc(Br)s1. The zero-order valence-electron chi connectivity index (χ0n) is 10.4. The normalized spacial score (nSPS) is 12.6. The molecule has 2 rings (SSSR count). The Balaban J connectivity index is 2.33. The van der Waals surface area contributed by atoms with E-state index in [-0.39, 0.29) is 16.9 Å². The van der Waals surface area contributed by atoms with E-state index >= 15 is 0 Å². The van der Waals surface area contributed by atoms with Gasteiger partial charge in [-0.2, -0.15) is 0 Å². The van der Waals surface area contributed by atoms with Gasteiger partial charge in [-0.15, -0.1) is 11.3 Å². The van der Waals surface area contributed by atoms with Crippen LogP contribution in [0, 0.1) is 5.82 Å². The molecule has 19 heavy (non-hydrogen) atoms. The molecule has 1 N–H and O–H groups in total. The van der Waals surface area contributed by atoms with Crippen molar-refractivity contribution < 1.29 is 4.39 Å². The molecule has 0 saturated heterocycles. The van der Waals surface area contributed by atoms with Crippen molar-refractivity contribution in [3.63, 3.8) is 0 Å². The molecule has 5 heteroatoms. The van der Waals surface area contributed by atoms with E-state index in [0.29, 0.717) is 0 Å². The van der Waals surface area contributed by atoms with Gasteiger partial charge in [0.05, 0.1) is 14.9 Å². The molecular formula is C14H14BrClFNS. The topological polar surface area (TPSA) is 12.0 Å². The molecule has 0 fully saturated rings. The van der Waals surface area contributed by atoms with Gasteiger partial charge in [0, 0.05) is 4.88 Å². The minimum Gasteiger partial charge on any atom is -0.306 e. The fourth-order valence-corrected chi connectivity index (χ4v) is 3.49. The fraction of sp³-hybridized carbons (Fsp3) is 0.286. The molecule has 1 nitrogen and oxygen atoms in total. The quantitative estimate of drug-likeness (QED) is 0.751. The minimum atomic E-state index is -0.377. The summed E-state index contributed by atoms with van der Waals surface area (Å²) in [6, 6.07) is 9.04. The highest BCUT2D eigenvalue weighted by Gasteiger charge is 2.16. The lowest BCUT2D eigenvalue weighted by molar-refractivity contribution is 0.591. The van der Waals surface area contributed by atoms with Gasteiger partial charge in [-0.1, -0.05) is 24.6 Å². The summed E-state index contributed by atoms with van der Waals surface area (Å²) in [6.07, 6.45) is 1.03. The van der Waals surface area contributed by atoms with Crippen LogP contribution < -0.4 is 5.32 Å². The van der Waals surface area contributed by atoms with Crippen LogP contribution in [0.1, 0.15) is 29.8 Å². The smallest absolute Gasteiger partial charge is 0.142 e. The summed E-state index contributed by atoms with van der Waals surface area (Å²) in [5.74, 6) is -0.377. The van der Waals surface area contributed by atoms with E-state index in [4.69, 9.17) is 11.6 Å². The Morgan fingerprint density at radius 2 is 2.16 bits per heavy atom. The standard InChI is InChI=1S/C14H14BrClFNS/c1-2-7-18-14(12-5-6-13(15)19-12)9-3-4-10(16)11(17)8-9/h3-6,8,14,18H,2,7H2,1H3. The molecule has 1 aromatic carbocycles. The third-order valence-electron chi connectivity index (χ3n) is 2.75. The number of rotatable bonds is 5. The molecule has 0 aliphatic rings. The average molecular weight is 363 g/mol. The number of nitrogens with one attached hydrogen (secondary N) is 1. The number of benzene rings is 1. The van der Waals surface area contributed by atoms with Crippen molar-refractivity contribution >= 4 is 38.9 Å². The third kappa shape index (κ3) is 3.78. The summed E-state index contributed by atoms with van der Waals surface area (Å²) in [6.45, 7) is 2.99. The maximum absolute atomic E-state index is 13.6. The predicted molar refractivity (Wildman–Crippen MR) is 83.6 cm³/mol. The zero-order valence-corrected chi connectivity index (χ0v) is 13.6. The van der Waals surface area contributed by atoms with E-state index in [1.54, 1.807) is 17.4 Å². The fourth-order valence-electron chi connectivity index (χ4n) is 1.85. The summed E-state index contributed by atoms with van der Waals surface area (Å²) in [4.78, 5) is 1.15. The van der Waals surface area contributed by atoms with Gasteiger partial charge >= 0.3 is 0 Å². The molecule has 1 atom stereocenters. The number of hydrogen-bond acceptors (Lipinski definition) is 2. The van der Waals surface area contributed by atoms with E-state index in [0.717, 1.165) is 27.2 Å². The Bertz CT molecular complexity index is 558. The van der Waals surface area contributed by atoms with Gasteiger partial charge in [-0.3, -0.25) is 0 Å². The number of halogens is 3. The average Bonchev–Trinajstić information content (AvgIpc) is 2.80. The molecule has 0 saturated carbocycles. The molecule has 0 radical (unpaired) electrons. The van der Waals surface area contributed by atoms with Crippen molar-refractivity contribution in [3.8, 4) is 0 Å². The van der Waals surface area contributed by atoms with Crippen LogP contribution >= 0.6 is 38.9 Å². The van der Waals surface area contributed by atoms with Crippen molar-refractivity contribution in [3.05, 3.63) is 55.4 Å². The van der Waals surface area contributed by atoms with Crippen LogP contribution in [0.3, 0.4) is 0 Å². The largest absolute Gasteiger partial charge is 0.306 e. The Kier molecular flexibility index (Phi) is 5.39. The lowest BCUT2D eigenvalue weighted by atomic mass is 10.1. The first kappa shape index (κ1) is 15.0. The van der Waals surface area contributed by atoms with Crippen LogP contribution in [0.2, 0.25) is 5.02 Å². The van der Waals surface area contributed by atoms with Crippen molar-refractivity contribution in [2.45, 2.75) is 19.4 Å². The predicted octanol–water partition coefficient (Wildman–Crippen LogP) is 5.39. The number of hydrogen-bond donors (Lipinski definition) is 1. The van der Waals surface area contributed by atoms with E-state index < -0.39 is 0 Å². The second-order valence-corrected chi connectivity index (χ2v) is 7.10. The first-order valence-corrected chi connectivity index (χ1v) is 8.04. The van der Waals surface area contributed by atoms with Gasteiger partial charge in [0.25, 0.3) is 0 Å². The van der Waals surface area contributed by atoms with E-state index in [9.17, 15) is 4.39 Å². The van der Waals surface area contributed by atoms with Gasteiger partial charge in [0.1, 0.15) is 5.82 Å².